The Labute approximate surface area is 279 Å². The molecule has 0 atom stereocenters. The highest BCUT2D eigenvalue weighted by molar-refractivity contribution is 6.21. The lowest BCUT2D eigenvalue weighted by molar-refractivity contribution is 0.616. The van der Waals surface area contributed by atoms with E-state index in [1.54, 1.807) is 0 Å². The van der Waals surface area contributed by atoms with Crippen LogP contribution in [0.2, 0.25) is 0 Å². The van der Waals surface area contributed by atoms with Crippen molar-refractivity contribution < 1.29 is 8.83 Å². The summed E-state index contributed by atoms with van der Waals surface area (Å²) in [6.45, 7) is 9.10. The molecule has 7 aromatic carbocycles. The third-order valence-electron chi connectivity index (χ3n) is 9.85. The van der Waals surface area contributed by atoms with E-state index >= 15 is 0 Å². The van der Waals surface area contributed by atoms with Crippen molar-refractivity contribution >= 4 is 54.6 Å². The predicted molar refractivity (Wildman–Crippen MR) is 201 cm³/mol. The summed E-state index contributed by atoms with van der Waals surface area (Å²) in [4.78, 5) is 5.08. The second-order valence-electron chi connectivity index (χ2n) is 13.5. The van der Waals surface area contributed by atoms with E-state index in [2.05, 4.69) is 149 Å². The first kappa shape index (κ1) is 28.5. The second kappa shape index (κ2) is 11.0. The molecule has 0 amide bonds. The number of nitrogens with zero attached hydrogens (tertiary/aromatic N) is 1. The molecule has 0 aliphatic rings. The summed E-state index contributed by atoms with van der Waals surface area (Å²) >= 11 is 0. The molecule has 2 heterocycles. The number of oxazole rings is 1. The van der Waals surface area contributed by atoms with Gasteiger partial charge in [-0.1, -0.05) is 131 Å². The first-order chi connectivity index (χ1) is 23.5. The highest BCUT2D eigenvalue weighted by atomic mass is 16.4. The second-order valence-corrected chi connectivity index (χ2v) is 13.5. The van der Waals surface area contributed by atoms with Crippen LogP contribution in [0.3, 0.4) is 0 Å². The van der Waals surface area contributed by atoms with Gasteiger partial charge in [0, 0.05) is 21.7 Å². The van der Waals surface area contributed by atoms with Crippen LogP contribution in [0.5, 0.6) is 0 Å². The molecule has 232 valence electrons. The number of rotatable bonds is 5. The van der Waals surface area contributed by atoms with Gasteiger partial charge in [0.25, 0.3) is 0 Å². The lowest BCUT2D eigenvalue weighted by Gasteiger charge is -2.22. The molecule has 3 heteroatoms. The molecule has 2 aromatic heterocycles. The van der Waals surface area contributed by atoms with Gasteiger partial charge in [-0.25, -0.2) is 4.98 Å². The van der Waals surface area contributed by atoms with E-state index in [-0.39, 0.29) is 0 Å². The summed E-state index contributed by atoms with van der Waals surface area (Å²) in [6, 6.07) is 45.2. The molecule has 0 saturated carbocycles. The van der Waals surface area contributed by atoms with E-state index in [0.717, 1.165) is 49.6 Å². The van der Waals surface area contributed by atoms with Gasteiger partial charge in [0.15, 0.2) is 5.58 Å². The molecule has 0 N–H and O–H groups in total. The van der Waals surface area contributed by atoms with Crippen molar-refractivity contribution in [2.75, 3.05) is 0 Å². The van der Waals surface area contributed by atoms with E-state index in [4.69, 9.17) is 13.8 Å². The van der Waals surface area contributed by atoms with Crippen LogP contribution in [-0.4, -0.2) is 4.98 Å². The SMILES string of the molecule is CC(C)c1cc(-c2ccccc2)cc(C(C)C)c1-c1cccc2nc(-c3cccc4c3oc3c4ccc4c5ccccc5ccc43)oc12. The summed E-state index contributed by atoms with van der Waals surface area (Å²) in [5.41, 5.74) is 11.6. The molecule has 48 heavy (non-hydrogen) atoms. The minimum Gasteiger partial charge on any atom is -0.455 e. The first-order valence-electron chi connectivity index (χ1n) is 16.9. The van der Waals surface area contributed by atoms with Crippen molar-refractivity contribution in [3.05, 3.63) is 139 Å². The van der Waals surface area contributed by atoms with Gasteiger partial charge < -0.3 is 8.83 Å². The lowest BCUT2D eigenvalue weighted by atomic mass is 9.82. The molecule has 0 bridgehead atoms. The van der Waals surface area contributed by atoms with Gasteiger partial charge in [-0.3, -0.25) is 0 Å². The molecule has 0 spiro atoms. The Morgan fingerprint density at radius 3 is 1.88 bits per heavy atom. The van der Waals surface area contributed by atoms with E-state index < -0.39 is 0 Å². The summed E-state index contributed by atoms with van der Waals surface area (Å²) in [5, 5.41) is 6.89. The average Bonchev–Trinajstić information content (AvgIpc) is 3.73. The third-order valence-corrected chi connectivity index (χ3v) is 9.85. The Kier molecular flexibility index (Phi) is 6.52. The zero-order valence-electron chi connectivity index (χ0n) is 27.5. The van der Waals surface area contributed by atoms with E-state index in [9.17, 15) is 0 Å². The van der Waals surface area contributed by atoms with Crippen LogP contribution in [-0.2, 0) is 0 Å². The smallest absolute Gasteiger partial charge is 0.231 e. The van der Waals surface area contributed by atoms with Crippen LogP contribution >= 0.6 is 0 Å². The lowest BCUT2D eigenvalue weighted by Crippen LogP contribution is -2.01. The predicted octanol–water partition coefficient (Wildman–Crippen LogP) is 13.3. The Bertz CT molecular complexity index is 2640. The summed E-state index contributed by atoms with van der Waals surface area (Å²) < 4.78 is 13.6. The van der Waals surface area contributed by atoms with E-state index in [0.29, 0.717) is 17.7 Å². The number of hydrogen-bond donors (Lipinski definition) is 0. The van der Waals surface area contributed by atoms with Gasteiger partial charge in [-0.05, 0) is 80.1 Å². The molecule has 0 aliphatic carbocycles. The number of hydrogen-bond acceptors (Lipinski definition) is 3. The molecular weight excluding hydrogens is 587 g/mol. The Morgan fingerprint density at radius 1 is 0.458 bits per heavy atom. The van der Waals surface area contributed by atoms with E-state index in [1.165, 1.54) is 44.0 Å². The standard InChI is InChI=1S/C45H35NO2/c1-26(2)38-24-30(28-12-6-5-7-13-28)25-39(27(3)4)41(38)36-17-11-19-40-44(36)48-45(46-40)37-18-10-16-33-35-23-22-32-31-15-9-8-14-29(31)20-21-34(32)42(35)47-43(33)37/h5-27H,1-4H3. The minimum atomic E-state index is 0.315. The van der Waals surface area contributed by atoms with Crippen molar-refractivity contribution in [1.29, 1.82) is 0 Å². The normalized spacial score (nSPS) is 12.1. The number of benzene rings is 7. The number of para-hydroxylation sites is 2. The zero-order valence-corrected chi connectivity index (χ0v) is 27.5. The largest absolute Gasteiger partial charge is 0.455 e. The average molecular weight is 622 g/mol. The molecular formula is C45H35NO2. The Hall–Kier alpha value is -5.67. The van der Waals surface area contributed by atoms with Gasteiger partial charge >= 0.3 is 0 Å². The van der Waals surface area contributed by atoms with Gasteiger partial charge in [-0.2, -0.15) is 0 Å². The van der Waals surface area contributed by atoms with Crippen molar-refractivity contribution in [2.45, 2.75) is 39.5 Å². The number of furan rings is 1. The van der Waals surface area contributed by atoms with Crippen LogP contribution in [0.15, 0.2) is 136 Å². The monoisotopic (exact) mass is 621 g/mol. The molecule has 0 aliphatic heterocycles. The highest BCUT2D eigenvalue weighted by Gasteiger charge is 2.23. The van der Waals surface area contributed by atoms with E-state index in [1.807, 2.05) is 6.07 Å². The maximum absolute atomic E-state index is 6.80. The third kappa shape index (κ3) is 4.38. The van der Waals surface area contributed by atoms with Crippen LogP contribution in [0.1, 0.15) is 50.7 Å². The van der Waals surface area contributed by atoms with Crippen LogP contribution in [0, 0.1) is 0 Å². The van der Waals surface area contributed by atoms with Gasteiger partial charge in [0.05, 0.1) is 5.56 Å². The number of aromatic nitrogens is 1. The Balaban J connectivity index is 1.25. The highest BCUT2D eigenvalue weighted by Crippen LogP contribution is 2.45. The fourth-order valence-electron chi connectivity index (χ4n) is 7.48. The molecule has 0 unspecified atom stereocenters. The minimum absolute atomic E-state index is 0.315. The molecule has 9 aromatic rings. The summed E-state index contributed by atoms with van der Waals surface area (Å²) in [7, 11) is 0. The molecule has 0 radical (unpaired) electrons. The van der Waals surface area contributed by atoms with Crippen LogP contribution in [0.25, 0.3) is 88.3 Å². The van der Waals surface area contributed by atoms with Crippen molar-refractivity contribution in [2.24, 2.45) is 0 Å². The summed E-state index contributed by atoms with van der Waals surface area (Å²) in [6.07, 6.45) is 0. The number of fused-ring (bicyclic) bond motifs is 8. The molecule has 3 nitrogen and oxygen atoms in total. The first-order valence-corrected chi connectivity index (χ1v) is 16.9. The van der Waals surface area contributed by atoms with Gasteiger partial charge in [0.2, 0.25) is 5.89 Å². The van der Waals surface area contributed by atoms with Crippen LogP contribution < -0.4 is 0 Å². The quantitative estimate of drug-likeness (QED) is 0.180. The van der Waals surface area contributed by atoms with Crippen molar-refractivity contribution in [3.8, 4) is 33.7 Å². The topological polar surface area (TPSA) is 39.2 Å². The van der Waals surface area contributed by atoms with Crippen LogP contribution in [0.4, 0.5) is 0 Å². The zero-order chi connectivity index (χ0) is 32.5. The maximum Gasteiger partial charge on any atom is 0.231 e. The Morgan fingerprint density at radius 2 is 1.08 bits per heavy atom. The molecule has 0 fully saturated rings. The van der Waals surface area contributed by atoms with Gasteiger partial charge in [-0.15, -0.1) is 0 Å². The molecule has 9 rings (SSSR count). The summed E-state index contributed by atoms with van der Waals surface area (Å²) in [5.74, 6) is 1.19. The fourth-order valence-corrected chi connectivity index (χ4v) is 7.48. The van der Waals surface area contributed by atoms with Crippen molar-refractivity contribution in [1.82, 2.24) is 4.98 Å². The maximum atomic E-state index is 6.80. The van der Waals surface area contributed by atoms with Crippen molar-refractivity contribution in [3.63, 3.8) is 0 Å². The fraction of sp³-hybridized carbons (Fsp3) is 0.133. The molecule has 0 saturated heterocycles. The van der Waals surface area contributed by atoms with Gasteiger partial charge in [0.1, 0.15) is 16.7 Å².